The zero-order valence-electron chi connectivity index (χ0n) is 10.4. The molecule has 0 aromatic carbocycles. The zero-order valence-corrected chi connectivity index (χ0v) is 11.1. The normalized spacial score (nSPS) is 22.2. The molecule has 16 heavy (non-hydrogen) atoms. The molecule has 1 aliphatic heterocycles. The number of rotatable bonds is 6. The van der Waals surface area contributed by atoms with Gasteiger partial charge in [0.1, 0.15) is 0 Å². The predicted molar refractivity (Wildman–Crippen MR) is 68.8 cm³/mol. The van der Waals surface area contributed by atoms with Crippen LogP contribution in [-0.2, 0) is 4.79 Å². The first-order valence-corrected chi connectivity index (χ1v) is 7.15. The van der Waals surface area contributed by atoms with E-state index in [-0.39, 0.29) is 0 Å². The summed E-state index contributed by atoms with van der Waals surface area (Å²) in [5.41, 5.74) is 0. The van der Waals surface area contributed by atoms with Gasteiger partial charge >= 0.3 is 0 Å². The van der Waals surface area contributed by atoms with Crippen LogP contribution in [0.1, 0.15) is 51.9 Å². The Balaban J connectivity index is 2.26. The zero-order chi connectivity index (χ0) is 11.8. The van der Waals surface area contributed by atoms with E-state index in [1.807, 2.05) is 0 Å². The predicted octanol–water partition coefficient (Wildman–Crippen LogP) is 3.43. The van der Waals surface area contributed by atoms with E-state index in [9.17, 15) is 4.79 Å². The summed E-state index contributed by atoms with van der Waals surface area (Å²) in [6.07, 6.45) is 7.58. The van der Waals surface area contributed by atoms with Crippen LogP contribution in [0.5, 0.6) is 0 Å². The first-order chi connectivity index (χ1) is 7.77. The van der Waals surface area contributed by atoms with Gasteiger partial charge in [0, 0.05) is 25.4 Å². The lowest BCUT2D eigenvalue weighted by molar-refractivity contribution is -0.130. The van der Waals surface area contributed by atoms with Crippen LogP contribution in [-0.4, -0.2) is 29.8 Å². The third-order valence-corrected chi connectivity index (χ3v) is 3.83. The summed E-state index contributed by atoms with van der Waals surface area (Å²) in [6.45, 7) is 4.13. The average molecular weight is 246 g/mol. The fourth-order valence-corrected chi connectivity index (χ4v) is 2.50. The molecule has 0 radical (unpaired) electrons. The molecule has 1 saturated heterocycles. The minimum Gasteiger partial charge on any atom is -0.343 e. The Hall–Kier alpha value is -0.240. The Morgan fingerprint density at radius 3 is 2.81 bits per heavy atom. The van der Waals surface area contributed by atoms with Crippen molar-refractivity contribution >= 4 is 17.5 Å². The van der Waals surface area contributed by atoms with E-state index in [1.54, 1.807) is 0 Å². The summed E-state index contributed by atoms with van der Waals surface area (Å²) >= 11 is 5.64. The van der Waals surface area contributed by atoms with Crippen molar-refractivity contribution in [3.8, 4) is 0 Å². The van der Waals surface area contributed by atoms with E-state index in [1.165, 1.54) is 12.8 Å². The summed E-state index contributed by atoms with van der Waals surface area (Å²) < 4.78 is 0. The molecule has 1 rings (SSSR count). The Labute approximate surface area is 104 Å². The minimum absolute atomic E-state index is 0.363. The van der Waals surface area contributed by atoms with Crippen LogP contribution in [0.25, 0.3) is 0 Å². The van der Waals surface area contributed by atoms with Gasteiger partial charge in [-0.1, -0.05) is 19.8 Å². The fourth-order valence-electron chi connectivity index (χ4n) is 2.31. The highest BCUT2D eigenvalue weighted by Gasteiger charge is 2.20. The molecule has 1 atom stereocenters. The smallest absolute Gasteiger partial charge is 0.222 e. The number of amides is 1. The van der Waals surface area contributed by atoms with Crippen molar-refractivity contribution in [3.05, 3.63) is 0 Å². The van der Waals surface area contributed by atoms with E-state index in [0.29, 0.717) is 5.91 Å². The third-order valence-electron chi connectivity index (χ3n) is 3.57. The van der Waals surface area contributed by atoms with Crippen molar-refractivity contribution in [3.63, 3.8) is 0 Å². The van der Waals surface area contributed by atoms with Crippen LogP contribution in [0, 0.1) is 5.92 Å². The van der Waals surface area contributed by atoms with Crippen molar-refractivity contribution in [2.75, 3.05) is 19.0 Å². The van der Waals surface area contributed by atoms with Crippen molar-refractivity contribution in [1.29, 1.82) is 0 Å². The highest BCUT2D eigenvalue weighted by Crippen LogP contribution is 2.21. The summed E-state index contributed by atoms with van der Waals surface area (Å²) in [4.78, 5) is 13.9. The van der Waals surface area contributed by atoms with Crippen LogP contribution in [0.4, 0.5) is 0 Å². The molecule has 0 spiro atoms. The molecule has 0 aromatic rings. The number of nitrogens with zero attached hydrogens (tertiary/aromatic N) is 1. The van der Waals surface area contributed by atoms with Crippen molar-refractivity contribution in [2.45, 2.75) is 51.9 Å². The van der Waals surface area contributed by atoms with Gasteiger partial charge in [-0.25, -0.2) is 0 Å². The number of hydrogen-bond donors (Lipinski definition) is 0. The van der Waals surface area contributed by atoms with Gasteiger partial charge in [-0.15, -0.1) is 11.6 Å². The maximum atomic E-state index is 11.8. The summed E-state index contributed by atoms with van der Waals surface area (Å²) in [6, 6.07) is 0. The van der Waals surface area contributed by atoms with Gasteiger partial charge < -0.3 is 4.90 Å². The van der Waals surface area contributed by atoms with Crippen molar-refractivity contribution in [2.24, 2.45) is 5.92 Å². The number of unbranched alkanes of at least 4 members (excludes halogenated alkanes) is 2. The molecular formula is C13H24ClNO. The van der Waals surface area contributed by atoms with Crippen LogP contribution in [0.15, 0.2) is 0 Å². The van der Waals surface area contributed by atoms with Gasteiger partial charge in [-0.2, -0.15) is 0 Å². The summed E-state index contributed by atoms with van der Waals surface area (Å²) in [5.74, 6) is 1.87. The second-order valence-corrected chi connectivity index (χ2v) is 5.11. The van der Waals surface area contributed by atoms with Gasteiger partial charge in [-0.3, -0.25) is 4.79 Å². The van der Waals surface area contributed by atoms with Crippen LogP contribution >= 0.6 is 11.6 Å². The third kappa shape index (κ3) is 4.73. The Morgan fingerprint density at radius 2 is 2.12 bits per heavy atom. The molecule has 0 saturated carbocycles. The van der Waals surface area contributed by atoms with E-state index < -0.39 is 0 Å². The van der Waals surface area contributed by atoms with E-state index >= 15 is 0 Å². The molecule has 0 aromatic heterocycles. The fraction of sp³-hybridized carbons (Fsp3) is 0.923. The van der Waals surface area contributed by atoms with E-state index in [0.717, 1.165) is 57.0 Å². The molecule has 1 aliphatic rings. The molecule has 1 unspecified atom stereocenters. The Bertz CT molecular complexity index is 208. The summed E-state index contributed by atoms with van der Waals surface area (Å²) in [5, 5.41) is 0. The van der Waals surface area contributed by atoms with Gasteiger partial charge in [0.05, 0.1) is 0 Å². The van der Waals surface area contributed by atoms with Crippen LogP contribution in [0.3, 0.4) is 0 Å². The molecule has 94 valence electrons. The number of alkyl halides is 1. The van der Waals surface area contributed by atoms with Gasteiger partial charge in [-0.05, 0) is 31.6 Å². The largest absolute Gasteiger partial charge is 0.343 e. The lowest BCUT2D eigenvalue weighted by atomic mass is 9.98. The lowest BCUT2D eigenvalue weighted by Crippen LogP contribution is -2.31. The molecule has 0 aliphatic carbocycles. The van der Waals surface area contributed by atoms with E-state index in [4.69, 9.17) is 11.6 Å². The SMILES string of the molecule is CCC1CCC(=O)N(CCCCCCl)CC1. The first-order valence-electron chi connectivity index (χ1n) is 6.61. The molecule has 0 bridgehead atoms. The highest BCUT2D eigenvalue weighted by molar-refractivity contribution is 6.17. The topological polar surface area (TPSA) is 20.3 Å². The number of hydrogen-bond acceptors (Lipinski definition) is 1. The standard InChI is InChI=1S/C13H24ClNO/c1-2-12-6-7-13(16)15(11-8-12)10-5-3-4-9-14/h12H,2-11H2,1H3. The molecule has 0 N–H and O–H groups in total. The van der Waals surface area contributed by atoms with Gasteiger partial charge in [0.2, 0.25) is 5.91 Å². The van der Waals surface area contributed by atoms with E-state index in [2.05, 4.69) is 11.8 Å². The molecule has 1 fully saturated rings. The number of carbonyl (C=O) groups excluding carboxylic acids is 1. The molecule has 2 nitrogen and oxygen atoms in total. The quantitative estimate of drug-likeness (QED) is 0.519. The Morgan fingerprint density at radius 1 is 1.31 bits per heavy atom. The maximum absolute atomic E-state index is 11.8. The summed E-state index contributed by atoms with van der Waals surface area (Å²) in [7, 11) is 0. The van der Waals surface area contributed by atoms with Gasteiger partial charge in [0.25, 0.3) is 0 Å². The number of carbonyl (C=O) groups is 1. The minimum atomic E-state index is 0.363. The second kappa shape index (κ2) is 7.94. The van der Waals surface area contributed by atoms with Gasteiger partial charge in [0.15, 0.2) is 0 Å². The number of halogens is 1. The molecule has 1 heterocycles. The molecule has 3 heteroatoms. The molecule has 1 amide bonds. The first kappa shape index (κ1) is 13.8. The van der Waals surface area contributed by atoms with Crippen LogP contribution < -0.4 is 0 Å². The lowest BCUT2D eigenvalue weighted by Gasteiger charge is -2.20. The average Bonchev–Trinajstić information content (AvgIpc) is 2.47. The van der Waals surface area contributed by atoms with Crippen molar-refractivity contribution in [1.82, 2.24) is 4.90 Å². The maximum Gasteiger partial charge on any atom is 0.222 e. The highest BCUT2D eigenvalue weighted by atomic mass is 35.5. The van der Waals surface area contributed by atoms with Crippen molar-refractivity contribution < 1.29 is 4.79 Å². The molecular weight excluding hydrogens is 222 g/mol. The monoisotopic (exact) mass is 245 g/mol. The number of likely N-dealkylation sites (tertiary alicyclic amines) is 1. The Kier molecular flexibility index (Phi) is 6.86. The second-order valence-electron chi connectivity index (χ2n) is 4.73. The van der Waals surface area contributed by atoms with Crippen LogP contribution in [0.2, 0.25) is 0 Å².